The van der Waals surface area contributed by atoms with Crippen LogP contribution in [0, 0.1) is 31.7 Å². The number of aliphatic hydroxyl groups is 1. The number of aromatic nitrogens is 1. The van der Waals surface area contributed by atoms with Crippen LogP contribution in [-0.4, -0.2) is 15.9 Å². The van der Waals surface area contributed by atoms with Crippen molar-refractivity contribution < 1.29 is 34.4 Å². The number of pyridine rings is 1. The topological polar surface area (TPSA) is 63.3 Å². The third-order valence-electron chi connectivity index (χ3n) is 8.86. The van der Waals surface area contributed by atoms with E-state index in [0.29, 0.717) is 0 Å². The van der Waals surface area contributed by atoms with Gasteiger partial charge >= 0.3 is 0 Å². The zero-order chi connectivity index (χ0) is 34.4. The van der Waals surface area contributed by atoms with E-state index in [4.69, 9.17) is 4.42 Å². The smallest absolute Gasteiger partial charge is 0.162 e. The van der Waals surface area contributed by atoms with Gasteiger partial charge in [0.1, 0.15) is 5.76 Å². The van der Waals surface area contributed by atoms with E-state index in [0.717, 1.165) is 64.8 Å². The fraction of sp³-hybridized carbons (Fsp3) is 0.476. The van der Waals surface area contributed by atoms with Crippen molar-refractivity contribution in [2.24, 2.45) is 11.8 Å². The fourth-order valence-corrected chi connectivity index (χ4v) is 5.68. The number of furan rings is 1. The van der Waals surface area contributed by atoms with Crippen LogP contribution < -0.4 is 0 Å². The number of fused-ring (bicyclic) bond motifs is 1. The number of aliphatic hydroxyl groups excluding tert-OH is 1. The van der Waals surface area contributed by atoms with Crippen LogP contribution in [0.4, 0.5) is 0 Å². The Morgan fingerprint density at radius 1 is 0.830 bits per heavy atom. The quantitative estimate of drug-likeness (QED) is 0.104. The van der Waals surface area contributed by atoms with Gasteiger partial charge in [0.25, 0.3) is 0 Å². The van der Waals surface area contributed by atoms with Crippen LogP contribution in [0.2, 0.25) is 0 Å². The predicted molar refractivity (Wildman–Crippen MR) is 194 cm³/mol. The predicted octanol–water partition coefficient (Wildman–Crippen LogP) is 12.0. The number of carbonyl (C=O) groups excluding carboxylic acids is 1. The molecule has 4 aromatic rings. The summed E-state index contributed by atoms with van der Waals surface area (Å²) in [6.07, 6.45) is 6.74. The van der Waals surface area contributed by atoms with Gasteiger partial charge < -0.3 is 14.5 Å². The maximum absolute atomic E-state index is 11.7. The minimum atomic E-state index is 0. The Hall–Kier alpha value is -3.01. The maximum atomic E-state index is 11.7. The van der Waals surface area contributed by atoms with Crippen molar-refractivity contribution in [1.29, 1.82) is 0 Å². The summed E-state index contributed by atoms with van der Waals surface area (Å²) < 4.78 is 6.26. The van der Waals surface area contributed by atoms with Crippen molar-refractivity contribution in [3.8, 4) is 22.6 Å². The maximum Gasteiger partial charge on any atom is 0.162 e. The van der Waals surface area contributed by atoms with Gasteiger partial charge in [-0.1, -0.05) is 95.2 Å². The fourth-order valence-electron chi connectivity index (χ4n) is 5.68. The molecule has 0 atom stereocenters. The van der Waals surface area contributed by atoms with E-state index in [1.807, 2.05) is 33.9 Å². The van der Waals surface area contributed by atoms with Gasteiger partial charge in [-0.2, -0.15) is 0 Å². The summed E-state index contributed by atoms with van der Waals surface area (Å²) in [6.45, 7) is 25.8. The van der Waals surface area contributed by atoms with Gasteiger partial charge in [-0.05, 0) is 71.5 Å². The van der Waals surface area contributed by atoms with E-state index in [1.54, 1.807) is 0 Å². The second kappa shape index (κ2) is 16.9. The van der Waals surface area contributed by atoms with E-state index in [-0.39, 0.29) is 54.3 Å². The summed E-state index contributed by atoms with van der Waals surface area (Å²) in [6, 6.07) is 18.8. The first-order valence-electron chi connectivity index (χ1n) is 17.0. The number of carbonyl (C=O) groups is 1. The molecule has 0 aliphatic carbocycles. The number of hydrogen-bond donors (Lipinski definition) is 1. The van der Waals surface area contributed by atoms with Crippen LogP contribution in [-0.2, 0) is 35.7 Å². The first-order valence-corrected chi connectivity index (χ1v) is 17.0. The zero-order valence-corrected chi connectivity index (χ0v) is 33.1. The summed E-state index contributed by atoms with van der Waals surface area (Å²) in [5, 5.41) is 10.8. The molecular weight excluding hydrogens is 759 g/mol. The molecule has 0 aliphatic heterocycles. The number of nitrogens with zero attached hydrogens (tertiary/aromatic N) is 1. The molecule has 2 heterocycles. The molecule has 0 saturated heterocycles. The van der Waals surface area contributed by atoms with E-state index in [9.17, 15) is 9.90 Å². The largest absolute Gasteiger partial charge is 0.512 e. The third kappa shape index (κ3) is 10.7. The molecule has 4 nitrogen and oxygen atoms in total. The van der Waals surface area contributed by atoms with Crippen molar-refractivity contribution in [2.45, 2.75) is 120 Å². The molecule has 2 aromatic heterocycles. The number of ketones is 1. The zero-order valence-electron chi connectivity index (χ0n) is 30.7. The number of benzene rings is 2. The Morgan fingerprint density at radius 3 is 1.87 bits per heavy atom. The van der Waals surface area contributed by atoms with Crippen LogP contribution >= 0.6 is 0 Å². The summed E-state index contributed by atoms with van der Waals surface area (Å²) in [7, 11) is 0. The van der Waals surface area contributed by atoms with Crippen LogP contribution in [0.25, 0.3) is 33.6 Å². The molecule has 0 fully saturated rings. The molecule has 0 amide bonds. The van der Waals surface area contributed by atoms with Gasteiger partial charge in [-0.3, -0.25) is 4.79 Å². The summed E-state index contributed by atoms with van der Waals surface area (Å²) in [5.74, 6) is 1.43. The molecular formula is C42H56IrNO3-. The Kier molecular flexibility index (Phi) is 14.4. The number of aryl methyl sites for hydroxylation is 2. The van der Waals surface area contributed by atoms with Crippen molar-refractivity contribution in [2.75, 3.05) is 0 Å². The first-order chi connectivity index (χ1) is 21.5. The van der Waals surface area contributed by atoms with E-state index >= 15 is 0 Å². The Bertz CT molecular complexity index is 1610. The minimum Gasteiger partial charge on any atom is -0.512 e. The summed E-state index contributed by atoms with van der Waals surface area (Å²) >= 11 is 0. The molecule has 47 heavy (non-hydrogen) atoms. The molecule has 5 heteroatoms. The first kappa shape index (κ1) is 40.2. The number of allylic oxidation sites excluding steroid dienone is 2. The number of rotatable bonds is 9. The molecule has 1 N–H and O–H groups in total. The van der Waals surface area contributed by atoms with Gasteiger partial charge in [-0.25, -0.2) is 0 Å². The monoisotopic (exact) mass is 815 g/mol. The van der Waals surface area contributed by atoms with Crippen molar-refractivity contribution >= 4 is 16.8 Å². The van der Waals surface area contributed by atoms with Gasteiger partial charge in [-0.15, -0.1) is 34.9 Å². The van der Waals surface area contributed by atoms with Crippen LogP contribution in [0.3, 0.4) is 0 Å². The summed E-state index contributed by atoms with van der Waals surface area (Å²) in [4.78, 5) is 16.4. The van der Waals surface area contributed by atoms with Crippen molar-refractivity contribution in [3.05, 3.63) is 88.8 Å². The molecule has 0 aliphatic rings. The molecule has 2 aromatic carbocycles. The minimum absolute atomic E-state index is 0. The van der Waals surface area contributed by atoms with Gasteiger partial charge in [0, 0.05) is 49.0 Å². The van der Waals surface area contributed by atoms with Gasteiger partial charge in [0.2, 0.25) is 0 Å². The standard InChI is InChI=1S/C29H32NO.C13H24O2.Ir/c1-18-9-19(2)11-20(10-18)25-14-22-15-26(31-27(22)17-30-25)21-12-23(28(3,4)5)16-24(13-21)29(6,7)8;1-5-10(6-2)12(14)9-13(15)11(7-3)8-4;/h9-10,12-17H,1-8H3;9-11,14H,5-8H2,1-4H3;/q-1;;/b;12-9-;. The molecule has 0 spiro atoms. The molecule has 0 bridgehead atoms. The van der Waals surface area contributed by atoms with Crippen LogP contribution in [0.5, 0.6) is 0 Å². The molecule has 1 radical (unpaired) electrons. The molecule has 257 valence electrons. The molecule has 4 rings (SSSR count). The Balaban J connectivity index is 0.000000410. The Labute approximate surface area is 297 Å². The molecule has 0 saturated carbocycles. The van der Waals surface area contributed by atoms with Gasteiger partial charge in [0.15, 0.2) is 11.4 Å². The third-order valence-corrected chi connectivity index (χ3v) is 8.86. The summed E-state index contributed by atoms with van der Waals surface area (Å²) in [5.41, 5.74) is 8.98. The van der Waals surface area contributed by atoms with Gasteiger partial charge in [0.05, 0.1) is 12.0 Å². The number of hydrogen-bond acceptors (Lipinski definition) is 4. The van der Waals surface area contributed by atoms with E-state index < -0.39 is 0 Å². The molecule has 0 unspecified atom stereocenters. The normalized spacial score (nSPS) is 12.3. The van der Waals surface area contributed by atoms with E-state index in [2.05, 4.69) is 109 Å². The van der Waals surface area contributed by atoms with E-state index in [1.165, 1.54) is 22.8 Å². The van der Waals surface area contributed by atoms with Crippen molar-refractivity contribution in [3.63, 3.8) is 0 Å². The Morgan fingerprint density at radius 2 is 1.38 bits per heavy atom. The SMILES string of the molecule is CCC(CC)C(=O)/C=C(\O)C(CC)CC.Cc1[c-]c(-c2cc3cc(-c4cc(C(C)(C)C)cc(C(C)(C)C)c4)oc3cn2)cc(C)c1.[Ir]. The van der Waals surface area contributed by atoms with Crippen LogP contribution in [0.1, 0.15) is 117 Å². The second-order valence-corrected chi connectivity index (χ2v) is 14.8. The second-order valence-electron chi connectivity index (χ2n) is 14.8. The van der Waals surface area contributed by atoms with Crippen molar-refractivity contribution in [1.82, 2.24) is 4.98 Å². The average Bonchev–Trinajstić information content (AvgIpc) is 3.41. The average molecular weight is 815 g/mol. The van der Waals surface area contributed by atoms with Crippen LogP contribution in [0.15, 0.2) is 64.9 Å².